The molecular weight excluding hydrogens is 407 g/mol. The van der Waals surface area contributed by atoms with Crippen LogP contribution in [0.5, 0.6) is 0 Å². The van der Waals surface area contributed by atoms with E-state index in [1.54, 1.807) is 18.2 Å². The molecule has 0 atom stereocenters. The van der Waals surface area contributed by atoms with Crippen LogP contribution < -0.4 is 4.90 Å². The Bertz CT molecular complexity index is 1010. The molecule has 5 nitrogen and oxygen atoms in total. The predicted molar refractivity (Wildman–Crippen MR) is 107 cm³/mol. The Labute approximate surface area is 168 Å². The van der Waals surface area contributed by atoms with Crippen LogP contribution in [0.3, 0.4) is 0 Å². The molecule has 1 aliphatic heterocycles. The van der Waals surface area contributed by atoms with Gasteiger partial charge in [-0.1, -0.05) is 35.3 Å². The van der Waals surface area contributed by atoms with E-state index < -0.39 is 14.7 Å². The van der Waals surface area contributed by atoms with Crippen LogP contribution in [0, 0.1) is 11.3 Å². The van der Waals surface area contributed by atoms with E-state index in [1.807, 2.05) is 12.1 Å². The van der Waals surface area contributed by atoms with E-state index >= 15 is 0 Å². The van der Waals surface area contributed by atoms with E-state index in [-0.39, 0.29) is 14.9 Å². The van der Waals surface area contributed by atoms with Crippen molar-refractivity contribution < 1.29 is 13.2 Å². The molecule has 140 valence electrons. The second-order valence-corrected chi connectivity index (χ2v) is 8.62. The highest BCUT2D eigenvalue weighted by Gasteiger charge is 2.24. The molecule has 0 amide bonds. The van der Waals surface area contributed by atoms with Gasteiger partial charge in [0.2, 0.25) is 9.84 Å². The third-order valence-corrected chi connectivity index (χ3v) is 6.53. The summed E-state index contributed by atoms with van der Waals surface area (Å²) in [6.07, 6.45) is 1.33. The molecule has 0 aromatic heterocycles. The molecule has 1 aliphatic rings. The van der Waals surface area contributed by atoms with Crippen molar-refractivity contribution in [3.05, 3.63) is 63.0 Å². The fourth-order valence-corrected chi connectivity index (χ4v) is 4.64. The minimum Gasteiger partial charge on any atom is -0.378 e. The van der Waals surface area contributed by atoms with Crippen molar-refractivity contribution in [3.63, 3.8) is 0 Å². The van der Waals surface area contributed by atoms with Crippen LogP contribution in [0.15, 0.2) is 52.3 Å². The highest BCUT2D eigenvalue weighted by atomic mass is 35.5. The van der Waals surface area contributed by atoms with E-state index in [4.69, 9.17) is 27.9 Å². The zero-order valence-electron chi connectivity index (χ0n) is 14.2. The third kappa shape index (κ3) is 4.45. The molecule has 27 heavy (non-hydrogen) atoms. The van der Waals surface area contributed by atoms with Crippen LogP contribution in [-0.2, 0) is 14.6 Å². The molecule has 0 radical (unpaired) electrons. The van der Waals surface area contributed by atoms with Gasteiger partial charge in [-0.15, -0.1) is 0 Å². The van der Waals surface area contributed by atoms with Gasteiger partial charge in [0.15, 0.2) is 0 Å². The minimum absolute atomic E-state index is 0.0169. The van der Waals surface area contributed by atoms with E-state index in [9.17, 15) is 13.7 Å². The lowest BCUT2D eigenvalue weighted by Gasteiger charge is -2.28. The lowest BCUT2D eigenvalue weighted by atomic mass is 10.2. The predicted octanol–water partition coefficient (Wildman–Crippen LogP) is 4.17. The SMILES string of the molecule is N#C/C(=C\c1ccc(N2CCOCC2)cc1)S(=O)(=O)c1cc(Cl)ccc1Cl. The maximum absolute atomic E-state index is 12.8. The highest BCUT2D eigenvalue weighted by Crippen LogP contribution is 2.30. The van der Waals surface area contributed by atoms with Crippen LogP contribution in [0.25, 0.3) is 6.08 Å². The maximum Gasteiger partial charge on any atom is 0.218 e. The summed E-state index contributed by atoms with van der Waals surface area (Å²) in [5.41, 5.74) is 1.62. The molecule has 1 fully saturated rings. The van der Waals surface area contributed by atoms with Crippen molar-refractivity contribution in [2.75, 3.05) is 31.2 Å². The first-order valence-electron chi connectivity index (χ1n) is 8.16. The zero-order chi connectivity index (χ0) is 19.4. The standard InChI is InChI=1S/C19H16Cl2N2O3S/c20-15-3-6-18(21)19(12-15)27(24,25)17(13-22)11-14-1-4-16(5-2-14)23-7-9-26-10-8-23/h1-6,11-12H,7-10H2/b17-11+. The average molecular weight is 423 g/mol. The summed E-state index contributed by atoms with van der Waals surface area (Å²) in [5.74, 6) is 0. The molecule has 2 aromatic carbocycles. The Morgan fingerprint density at radius 1 is 1.11 bits per heavy atom. The van der Waals surface area contributed by atoms with Crippen molar-refractivity contribution in [1.29, 1.82) is 5.26 Å². The van der Waals surface area contributed by atoms with Gasteiger partial charge in [0.05, 0.1) is 23.1 Å². The number of hydrogen-bond donors (Lipinski definition) is 0. The van der Waals surface area contributed by atoms with Gasteiger partial charge < -0.3 is 9.64 Å². The van der Waals surface area contributed by atoms with Gasteiger partial charge in [-0.25, -0.2) is 8.42 Å². The number of nitriles is 1. The molecule has 0 spiro atoms. The number of morpholine rings is 1. The number of benzene rings is 2. The number of ether oxygens (including phenoxy) is 1. The summed E-state index contributed by atoms with van der Waals surface area (Å²) < 4.78 is 30.9. The monoisotopic (exact) mass is 422 g/mol. The van der Waals surface area contributed by atoms with Gasteiger partial charge in [0, 0.05) is 23.8 Å². The van der Waals surface area contributed by atoms with Gasteiger partial charge in [0.1, 0.15) is 11.0 Å². The quantitative estimate of drug-likeness (QED) is 0.691. The molecule has 2 aromatic rings. The fourth-order valence-electron chi connectivity index (χ4n) is 2.73. The summed E-state index contributed by atoms with van der Waals surface area (Å²) in [6.45, 7) is 2.97. The van der Waals surface area contributed by atoms with Crippen LogP contribution in [-0.4, -0.2) is 34.7 Å². The van der Waals surface area contributed by atoms with E-state index in [0.717, 1.165) is 18.8 Å². The molecule has 3 rings (SSSR count). The Morgan fingerprint density at radius 3 is 2.41 bits per heavy atom. The number of halogens is 2. The number of hydrogen-bond acceptors (Lipinski definition) is 5. The van der Waals surface area contributed by atoms with Crippen LogP contribution in [0.1, 0.15) is 5.56 Å². The minimum atomic E-state index is -4.08. The summed E-state index contributed by atoms with van der Waals surface area (Å²) in [5, 5.41) is 9.65. The van der Waals surface area contributed by atoms with Crippen LogP contribution in [0.2, 0.25) is 10.0 Å². The number of anilines is 1. The van der Waals surface area contributed by atoms with Gasteiger partial charge in [-0.05, 0) is 42.0 Å². The first-order valence-corrected chi connectivity index (χ1v) is 10.4. The molecule has 1 heterocycles. The fraction of sp³-hybridized carbons (Fsp3) is 0.211. The first-order chi connectivity index (χ1) is 12.9. The summed E-state index contributed by atoms with van der Waals surface area (Å²) >= 11 is 11.9. The van der Waals surface area contributed by atoms with Crippen molar-refractivity contribution in [3.8, 4) is 6.07 Å². The molecule has 0 N–H and O–H groups in total. The van der Waals surface area contributed by atoms with Gasteiger partial charge >= 0.3 is 0 Å². The van der Waals surface area contributed by atoms with Crippen molar-refractivity contribution in [1.82, 2.24) is 0 Å². The highest BCUT2D eigenvalue weighted by molar-refractivity contribution is 7.95. The number of sulfone groups is 1. The van der Waals surface area contributed by atoms with Gasteiger partial charge in [0.25, 0.3) is 0 Å². The van der Waals surface area contributed by atoms with E-state index in [0.29, 0.717) is 18.8 Å². The molecule has 1 saturated heterocycles. The molecule has 0 aliphatic carbocycles. The van der Waals surface area contributed by atoms with Crippen molar-refractivity contribution >= 4 is 44.8 Å². The largest absolute Gasteiger partial charge is 0.378 e. The van der Waals surface area contributed by atoms with Crippen LogP contribution >= 0.6 is 23.2 Å². The topological polar surface area (TPSA) is 70.4 Å². The number of rotatable bonds is 4. The van der Waals surface area contributed by atoms with E-state index in [1.165, 1.54) is 24.3 Å². The zero-order valence-corrected chi connectivity index (χ0v) is 16.6. The Hall–Kier alpha value is -2.04. The Balaban J connectivity index is 1.92. The normalized spacial score (nSPS) is 15.4. The van der Waals surface area contributed by atoms with Gasteiger partial charge in [-0.3, -0.25) is 0 Å². The maximum atomic E-state index is 12.8. The lowest BCUT2D eigenvalue weighted by molar-refractivity contribution is 0.122. The number of nitrogens with zero attached hydrogens (tertiary/aromatic N) is 2. The Morgan fingerprint density at radius 2 is 1.78 bits per heavy atom. The molecular formula is C19H16Cl2N2O3S. The second-order valence-electron chi connectivity index (χ2n) is 5.89. The molecule has 0 bridgehead atoms. The molecule has 8 heteroatoms. The van der Waals surface area contributed by atoms with E-state index in [2.05, 4.69) is 4.90 Å². The smallest absolute Gasteiger partial charge is 0.218 e. The van der Waals surface area contributed by atoms with Crippen molar-refractivity contribution in [2.24, 2.45) is 0 Å². The third-order valence-electron chi connectivity index (χ3n) is 4.15. The molecule has 0 unspecified atom stereocenters. The summed E-state index contributed by atoms with van der Waals surface area (Å²) in [7, 11) is -4.08. The second kappa shape index (κ2) is 8.32. The molecule has 0 saturated carbocycles. The van der Waals surface area contributed by atoms with Crippen molar-refractivity contribution in [2.45, 2.75) is 4.90 Å². The average Bonchev–Trinajstić information content (AvgIpc) is 2.69. The van der Waals surface area contributed by atoms with Gasteiger partial charge in [-0.2, -0.15) is 5.26 Å². The summed E-state index contributed by atoms with van der Waals surface area (Å²) in [4.78, 5) is 1.60. The lowest BCUT2D eigenvalue weighted by Crippen LogP contribution is -2.36. The number of allylic oxidation sites excluding steroid dienone is 1. The summed E-state index contributed by atoms with van der Waals surface area (Å²) in [6, 6.07) is 13.2. The Kier molecular flexibility index (Phi) is 6.08. The first kappa shape index (κ1) is 19.7. The van der Waals surface area contributed by atoms with Crippen LogP contribution in [0.4, 0.5) is 5.69 Å².